The molecule has 2 aliphatic rings. The Labute approximate surface area is 177 Å². The van der Waals surface area contributed by atoms with Gasteiger partial charge in [0.1, 0.15) is 5.76 Å². The molecule has 1 fully saturated rings. The Bertz CT molecular complexity index is 793. The van der Waals surface area contributed by atoms with Crippen LogP contribution in [0.3, 0.4) is 0 Å². The van der Waals surface area contributed by atoms with Gasteiger partial charge in [-0.2, -0.15) is 0 Å². The first-order chi connectivity index (χ1) is 13.9. The molecule has 0 N–H and O–H groups in total. The summed E-state index contributed by atoms with van der Waals surface area (Å²) in [6, 6.07) is 4.35. The van der Waals surface area contributed by atoms with Crippen molar-refractivity contribution in [3.63, 3.8) is 0 Å². The van der Waals surface area contributed by atoms with Crippen molar-refractivity contribution in [3.05, 3.63) is 40.1 Å². The molecular weight excluding hydrogens is 384 g/mol. The Morgan fingerprint density at radius 3 is 2.24 bits per heavy atom. The molecule has 4 nitrogen and oxygen atoms in total. The maximum atomic E-state index is 13.6. The van der Waals surface area contributed by atoms with Gasteiger partial charge in [-0.25, -0.2) is 4.21 Å². The highest BCUT2D eigenvalue weighted by Gasteiger charge is 2.43. The van der Waals surface area contributed by atoms with E-state index in [0.717, 1.165) is 37.7 Å². The van der Waals surface area contributed by atoms with Crippen molar-refractivity contribution in [2.24, 2.45) is 5.41 Å². The summed E-state index contributed by atoms with van der Waals surface area (Å²) in [5.74, 6) is 1.26. The van der Waals surface area contributed by atoms with Gasteiger partial charge in [0.25, 0.3) is 0 Å². The zero-order chi connectivity index (χ0) is 21.0. The quantitative estimate of drug-likeness (QED) is 0.619. The van der Waals surface area contributed by atoms with Gasteiger partial charge in [0.15, 0.2) is 5.78 Å². The predicted octanol–water partition coefficient (Wildman–Crippen LogP) is 5.08. The Hall–Kier alpha value is -1.46. The van der Waals surface area contributed by atoms with E-state index in [9.17, 15) is 9.00 Å². The Balaban J connectivity index is 2.15. The summed E-state index contributed by atoms with van der Waals surface area (Å²) in [6.07, 6.45) is 5.40. The molecule has 0 saturated carbocycles. The number of allylic oxidation sites excluding steroid dienone is 2. The number of Topliss-reactive ketones (excluding diaryl/α,β-unsaturated/α-hetero) is 1. The third-order valence-electron chi connectivity index (χ3n) is 6.20. The number of hydrogen-bond donors (Lipinski definition) is 0. The molecule has 29 heavy (non-hydrogen) atoms. The van der Waals surface area contributed by atoms with E-state index < -0.39 is 11.1 Å². The maximum Gasteiger partial charge on any atom is 0.206 e. The number of hydrogen-bond acceptors (Lipinski definition) is 4. The number of aryl methyl sites for hydroxylation is 3. The number of ketones is 1. The van der Waals surface area contributed by atoms with Crippen molar-refractivity contribution in [1.82, 2.24) is 0 Å². The molecule has 1 aliphatic heterocycles. The molecule has 3 rings (SSSR count). The maximum absolute atomic E-state index is 13.6. The largest absolute Gasteiger partial charge is 0.404 e. The molecular formula is C24H34O4S. The smallest absolute Gasteiger partial charge is 0.206 e. The Kier molecular flexibility index (Phi) is 7.33. The molecule has 1 spiro atoms. The minimum atomic E-state index is -1.41. The van der Waals surface area contributed by atoms with Crippen LogP contribution in [0.5, 0.6) is 0 Å². The molecule has 1 atom stereocenters. The zero-order valence-corrected chi connectivity index (χ0v) is 19.1. The summed E-state index contributed by atoms with van der Waals surface area (Å²) >= 11 is -1.41. The van der Waals surface area contributed by atoms with Crippen molar-refractivity contribution in [2.45, 2.75) is 72.6 Å². The molecule has 1 heterocycles. The van der Waals surface area contributed by atoms with Crippen molar-refractivity contribution in [1.29, 1.82) is 0 Å². The summed E-state index contributed by atoms with van der Waals surface area (Å²) in [7, 11) is 0. The lowest BCUT2D eigenvalue weighted by atomic mass is 9.67. The molecule has 0 bridgehead atoms. The Morgan fingerprint density at radius 1 is 1.07 bits per heavy atom. The summed E-state index contributed by atoms with van der Waals surface area (Å²) in [5.41, 5.74) is 5.15. The Morgan fingerprint density at radius 2 is 1.69 bits per heavy atom. The van der Waals surface area contributed by atoms with Crippen LogP contribution in [0.15, 0.2) is 17.9 Å². The van der Waals surface area contributed by atoms with Gasteiger partial charge in [0, 0.05) is 26.1 Å². The number of rotatable bonds is 7. The molecule has 1 unspecified atom stereocenters. The molecule has 0 amide bonds. The van der Waals surface area contributed by atoms with E-state index >= 15 is 0 Å². The van der Waals surface area contributed by atoms with Gasteiger partial charge in [0.2, 0.25) is 11.1 Å². The minimum absolute atomic E-state index is 0.117. The van der Waals surface area contributed by atoms with Crippen molar-refractivity contribution >= 4 is 22.4 Å². The molecule has 1 aliphatic carbocycles. The van der Waals surface area contributed by atoms with E-state index in [1.54, 1.807) is 0 Å². The first-order valence-corrected chi connectivity index (χ1v) is 12.2. The van der Waals surface area contributed by atoms with Gasteiger partial charge >= 0.3 is 0 Å². The monoisotopic (exact) mass is 418 g/mol. The topological polar surface area (TPSA) is 52.6 Å². The third kappa shape index (κ3) is 4.83. The second-order valence-corrected chi connectivity index (χ2v) is 9.63. The summed E-state index contributed by atoms with van der Waals surface area (Å²) in [5, 5.41) is 0. The van der Waals surface area contributed by atoms with Crippen LogP contribution in [0, 0.1) is 12.3 Å². The number of carbonyl (C=O) groups excluding carboxylic acids is 1. The summed E-state index contributed by atoms with van der Waals surface area (Å²) in [6.45, 7) is 9.71. The van der Waals surface area contributed by atoms with E-state index in [1.165, 1.54) is 16.7 Å². The van der Waals surface area contributed by atoms with E-state index in [-0.39, 0.29) is 11.2 Å². The summed E-state index contributed by atoms with van der Waals surface area (Å²) in [4.78, 5) is 13.6. The number of benzene rings is 1. The van der Waals surface area contributed by atoms with Gasteiger partial charge in [-0.15, -0.1) is 0 Å². The molecule has 160 valence electrons. The highest BCUT2D eigenvalue weighted by Crippen LogP contribution is 2.48. The molecule has 5 heteroatoms. The SMILES string of the molecule is CCCS(=O)OC1=C(c2c(CC)cc(C)cc2CC)C(=O)CC2(CCOCC2)C1. The van der Waals surface area contributed by atoms with Crippen LogP contribution in [-0.4, -0.2) is 29.0 Å². The lowest BCUT2D eigenvalue weighted by Crippen LogP contribution is -2.36. The number of ether oxygens (including phenoxy) is 1. The minimum Gasteiger partial charge on any atom is -0.404 e. The van der Waals surface area contributed by atoms with Crippen molar-refractivity contribution in [3.8, 4) is 0 Å². The van der Waals surface area contributed by atoms with Gasteiger partial charge in [-0.3, -0.25) is 4.79 Å². The zero-order valence-electron chi connectivity index (χ0n) is 18.3. The van der Waals surface area contributed by atoms with Crippen LogP contribution >= 0.6 is 0 Å². The third-order valence-corrected chi connectivity index (χ3v) is 7.33. The standard InChI is InChI=1S/C24H34O4S/c1-5-12-29(26)28-21-16-24(8-10-27-11-9-24)15-20(25)23(21)22-18(6-2)13-17(4)14-19(22)7-3/h13-14H,5-12,15-16H2,1-4H3. The van der Waals surface area contributed by atoms with Crippen LogP contribution in [0.1, 0.15) is 75.1 Å². The molecule has 1 saturated heterocycles. The van der Waals surface area contributed by atoms with Gasteiger partial charge in [0.05, 0.1) is 11.3 Å². The second-order valence-electron chi connectivity index (χ2n) is 8.44. The first-order valence-electron chi connectivity index (χ1n) is 11.0. The average molecular weight is 419 g/mol. The lowest BCUT2D eigenvalue weighted by molar-refractivity contribution is -0.118. The lowest BCUT2D eigenvalue weighted by Gasteiger charge is -2.40. The van der Waals surface area contributed by atoms with E-state index in [4.69, 9.17) is 8.92 Å². The second kappa shape index (κ2) is 9.57. The number of carbonyl (C=O) groups is 1. The van der Waals surface area contributed by atoms with Gasteiger partial charge in [-0.05, 0) is 61.1 Å². The highest BCUT2D eigenvalue weighted by molar-refractivity contribution is 7.80. The van der Waals surface area contributed by atoms with Crippen LogP contribution in [0.25, 0.3) is 5.57 Å². The molecule has 0 aromatic heterocycles. The van der Waals surface area contributed by atoms with Crippen LogP contribution < -0.4 is 0 Å². The normalized spacial score (nSPS) is 20.2. The van der Waals surface area contributed by atoms with Crippen LogP contribution in [0.4, 0.5) is 0 Å². The fourth-order valence-corrected chi connectivity index (χ4v) is 5.51. The van der Waals surface area contributed by atoms with E-state index in [0.29, 0.717) is 43.1 Å². The fourth-order valence-electron chi connectivity index (χ4n) is 4.73. The summed E-state index contributed by atoms with van der Waals surface area (Å²) < 4.78 is 24.1. The predicted molar refractivity (Wildman–Crippen MR) is 118 cm³/mol. The van der Waals surface area contributed by atoms with Gasteiger partial charge in [-0.1, -0.05) is 38.5 Å². The molecule has 0 radical (unpaired) electrons. The van der Waals surface area contributed by atoms with Crippen LogP contribution in [-0.2, 0) is 37.6 Å². The fraction of sp³-hybridized carbons (Fsp3) is 0.625. The van der Waals surface area contributed by atoms with Crippen LogP contribution in [0.2, 0.25) is 0 Å². The van der Waals surface area contributed by atoms with Crippen molar-refractivity contribution < 1.29 is 17.9 Å². The average Bonchev–Trinajstić information content (AvgIpc) is 2.68. The first kappa shape index (κ1) is 22.2. The molecule has 1 aromatic rings. The van der Waals surface area contributed by atoms with Gasteiger partial charge < -0.3 is 8.92 Å². The van der Waals surface area contributed by atoms with E-state index in [1.807, 2.05) is 6.92 Å². The van der Waals surface area contributed by atoms with E-state index in [2.05, 4.69) is 32.9 Å². The highest BCUT2D eigenvalue weighted by atomic mass is 32.2. The molecule has 1 aromatic carbocycles. The van der Waals surface area contributed by atoms with Crippen molar-refractivity contribution in [2.75, 3.05) is 19.0 Å².